The van der Waals surface area contributed by atoms with Gasteiger partial charge in [0.25, 0.3) is 0 Å². The number of rotatable bonds is 9. The number of hydrogen-bond donors (Lipinski definition) is 1. The van der Waals surface area contributed by atoms with E-state index < -0.39 is 11.6 Å². The summed E-state index contributed by atoms with van der Waals surface area (Å²) in [5, 5.41) is 3.32. The first-order valence-electron chi connectivity index (χ1n) is 7.84. The molecule has 120 valence electrons. The Balaban J connectivity index is 2.65. The molecule has 0 bridgehead atoms. The minimum Gasteiger partial charge on any atom is -0.310 e. The molecule has 21 heavy (non-hydrogen) atoms. The molecular formula is C17H28F2N2. The van der Waals surface area contributed by atoms with Crippen LogP contribution in [0.5, 0.6) is 0 Å². The van der Waals surface area contributed by atoms with E-state index in [-0.39, 0.29) is 6.04 Å². The lowest BCUT2D eigenvalue weighted by Crippen LogP contribution is -2.30. The fraction of sp³-hybridized carbons (Fsp3) is 0.647. The second-order valence-corrected chi connectivity index (χ2v) is 5.88. The fourth-order valence-corrected chi connectivity index (χ4v) is 2.51. The van der Waals surface area contributed by atoms with Gasteiger partial charge in [0.05, 0.1) is 0 Å². The molecule has 2 unspecified atom stereocenters. The van der Waals surface area contributed by atoms with Crippen LogP contribution in [0.2, 0.25) is 0 Å². The molecule has 0 spiro atoms. The summed E-state index contributed by atoms with van der Waals surface area (Å²) in [6, 6.07) is 3.75. The first kappa shape index (κ1) is 18.1. The maximum Gasteiger partial charge on any atom is 0.126 e. The Morgan fingerprint density at radius 3 is 2.29 bits per heavy atom. The summed E-state index contributed by atoms with van der Waals surface area (Å²) < 4.78 is 26.7. The average Bonchev–Trinajstić information content (AvgIpc) is 2.42. The van der Waals surface area contributed by atoms with Gasteiger partial charge in [-0.1, -0.05) is 27.2 Å². The molecule has 1 rings (SSSR count). The maximum atomic E-state index is 13.4. The monoisotopic (exact) mass is 298 g/mol. The van der Waals surface area contributed by atoms with E-state index in [2.05, 4.69) is 31.1 Å². The zero-order chi connectivity index (χ0) is 15.8. The molecule has 2 nitrogen and oxygen atoms in total. The average molecular weight is 298 g/mol. The molecule has 0 fully saturated rings. The summed E-state index contributed by atoms with van der Waals surface area (Å²) in [6.45, 7) is 9.16. The van der Waals surface area contributed by atoms with Gasteiger partial charge >= 0.3 is 0 Å². The molecule has 0 aliphatic carbocycles. The largest absolute Gasteiger partial charge is 0.310 e. The van der Waals surface area contributed by atoms with Crippen LogP contribution in [0, 0.1) is 17.6 Å². The molecule has 0 radical (unpaired) electrons. The third-order valence-corrected chi connectivity index (χ3v) is 3.86. The highest BCUT2D eigenvalue weighted by atomic mass is 19.1. The molecule has 0 heterocycles. The van der Waals surface area contributed by atoms with Crippen LogP contribution in [-0.4, -0.2) is 31.6 Å². The van der Waals surface area contributed by atoms with Crippen molar-refractivity contribution in [2.24, 2.45) is 5.92 Å². The van der Waals surface area contributed by atoms with E-state index in [0.717, 1.165) is 38.5 Å². The SMILES string of the molecule is CCNC(CCN(C)CC(C)CC)c1cc(F)cc(F)c1. The van der Waals surface area contributed by atoms with Gasteiger partial charge in [-0.15, -0.1) is 0 Å². The first-order chi connectivity index (χ1) is 9.96. The normalized spacial score (nSPS) is 14.4. The van der Waals surface area contributed by atoms with Crippen molar-refractivity contribution in [1.29, 1.82) is 0 Å². The van der Waals surface area contributed by atoms with Gasteiger partial charge in [-0.2, -0.15) is 0 Å². The van der Waals surface area contributed by atoms with Crippen LogP contribution in [0.4, 0.5) is 8.78 Å². The van der Waals surface area contributed by atoms with Crippen LogP contribution >= 0.6 is 0 Å². The highest BCUT2D eigenvalue weighted by Gasteiger charge is 2.14. The Morgan fingerprint density at radius 2 is 1.76 bits per heavy atom. The summed E-state index contributed by atoms with van der Waals surface area (Å²) >= 11 is 0. The number of halogens is 2. The number of nitrogens with one attached hydrogen (secondary N) is 1. The van der Waals surface area contributed by atoms with Crippen molar-refractivity contribution < 1.29 is 8.78 Å². The lowest BCUT2D eigenvalue weighted by Gasteiger charge is -2.24. The van der Waals surface area contributed by atoms with E-state index in [1.807, 2.05) is 6.92 Å². The van der Waals surface area contributed by atoms with E-state index in [1.165, 1.54) is 12.1 Å². The molecule has 2 atom stereocenters. The topological polar surface area (TPSA) is 15.3 Å². The van der Waals surface area contributed by atoms with Crippen molar-refractivity contribution in [3.05, 3.63) is 35.4 Å². The van der Waals surface area contributed by atoms with E-state index in [4.69, 9.17) is 0 Å². The third-order valence-electron chi connectivity index (χ3n) is 3.86. The van der Waals surface area contributed by atoms with Crippen LogP contribution in [0.1, 0.15) is 45.2 Å². The summed E-state index contributed by atoms with van der Waals surface area (Å²) in [7, 11) is 2.10. The van der Waals surface area contributed by atoms with E-state index in [9.17, 15) is 8.78 Å². The molecule has 1 N–H and O–H groups in total. The Labute approximate surface area is 127 Å². The minimum absolute atomic E-state index is 0.0143. The van der Waals surface area contributed by atoms with Gasteiger partial charge in [0.1, 0.15) is 11.6 Å². The van der Waals surface area contributed by atoms with Gasteiger partial charge in [-0.3, -0.25) is 0 Å². The smallest absolute Gasteiger partial charge is 0.126 e. The van der Waals surface area contributed by atoms with Crippen LogP contribution in [0.15, 0.2) is 18.2 Å². The Kier molecular flexibility index (Phi) is 7.83. The summed E-state index contributed by atoms with van der Waals surface area (Å²) in [4.78, 5) is 2.29. The molecule has 0 saturated heterocycles. The van der Waals surface area contributed by atoms with Gasteiger partial charge in [0, 0.05) is 18.7 Å². The Morgan fingerprint density at radius 1 is 1.14 bits per heavy atom. The second-order valence-electron chi connectivity index (χ2n) is 5.88. The van der Waals surface area contributed by atoms with Crippen LogP contribution < -0.4 is 5.32 Å². The van der Waals surface area contributed by atoms with E-state index in [1.54, 1.807) is 0 Å². The summed E-state index contributed by atoms with van der Waals surface area (Å²) in [5.41, 5.74) is 0.686. The summed E-state index contributed by atoms with van der Waals surface area (Å²) in [5.74, 6) is -0.360. The molecule has 4 heteroatoms. The Hall–Kier alpha value is -1.00. The number of hydrogen-bond acceptors (Lipinski definition) is 2. The zero-order valence-corrected chi connectivity index (χ0v) is 13.6. The van der Waals surface area contributed by atoms with Crippen molar-refractivity contribution in [2.75, 3.05) is 26.7 Å². The third kappa shape index (κ3) is 6.53. The van der Waals surface area contributed by atoms with Gasteiger partial charge in [0.2, 0.25) is 0 Å². The van der Waals surface area contributed by atoms with Crippen molar-refractivity contribution in [3.8, 4) is 0 Å². The lowest BCUT2D eigenvalue weighted by molar-refractivity contribution is 0.266. The number of nitrogens with zero attached hydrogens (tertiary/aromatic N) is 1. The van der Waals surface area contributed by atoms with Crippen molar-refractivity contribution >= 4 is 0 Å². The quantitative estimate of drug-likeness (QED) is 0.742. The molecule has 0 amide bonds. The summed E-state index contributed by atoms with van der Waals surface area (Å²) in [6.07, 6.45) is 2.00. The zero-order valence-electron chi connectivity index (χ0n) is 13.6. The predicted molar refractivity (Wildman–Crippen MR) is 84.3 cm³/mol. The Bertz CT molecular complexity index is 403. The van der Waals surface area contributed by atoms with Crippen LogP contribution in [0.25, 0.3) is 0 Å². The molecule has 0 saturated carbocycles. The maximum absolute atomic E-state index is 13.4. The van der Waals surface area contributed by atoms with Gasteiger partial charge < -0.3 is 10.2 Å². The predicted octanol–water partition coefficient (Wildman–Crippen LogP) is 3.98. The van der Waals surface area contributed by atoms with Crippen LogP contribution in [0.3, 0.4) is 0 Å². The highest BCUT2D eigenvalue weighted by Crippen LogP contribution is 2.20. The fourth-order valence-electron chi connectivity index (χ4n) is 2.51. The molecule has 0 aromatic heterocycles. The number of benzene rings is 1. The minimum atomic E-state index is -0.513. The molecule has 0 aliphatic heterocycles. The lowest BCUT2D eigenvalue weighted by atomic mass is 10.0. The van der Waals surface area contributed by atoms with Crippen LogP contribution in [-0.2, 0) is 0 Å². The molecule has 0 aliphatic rings. The highest BCUT2D eigenvalue weighted by molar-refractivity contribution is 5.21. The molecule has 1 aromatic rings. The van der Waals surface area contributed by atoms with E-state index >= 15 is 0 Å². The van der Waals surface area contributed by atoms with Gasteiger partial charge in [-0.25, -0.2) is 8.78 Å². The second kappa shape index (κ2) is 9.11. The molecular weight excluding hydrogens is 270 g/mol. The van der Waals surface area contributed by atoms with Gasteiger partial charge in [0.15, 0.2) is 0 Å². The van der Waals surface area contributed by atoms with Crippen molar-refractivity contribution in [3.63, 3.8) is 0 Å². The first-order valence-corrected chi connectivity index (χ1v) is 7.84. The van der Waals surface area contributed by atoms with Gasteiger partial charge in [-0.05, 0) is 50.2 Å². The van der Waals surface area contributed by atoms with Crippen molar-refractivity contribution in [1.82, 2.24) is 10.2 Å². The molecule has 1 aromatic carbocycles. The van der Waals surface area contributed by atoms with E-state index in [0.29, 0.717) is 11.5 Å². The van der Waals surface area contributed by atoms with Crippen molar-refractivity contribution in [2.45, 2.75) is 39.7 Å². The standard InChI is InChI=1S/C17H28F2N2/c1-5-13(3)12-21(4)8-7-17(20-6-2)14-9-15(18)11-16(19)10-14/h9-11,13,17,20H,5-8,12H2,1-4H3.